The van der Waals surface area contributed by atoms with Crippen LogP contribution in [0.1, 0.15) is 28.2 Å². The van der Waals surface area contributed by atoms with Crippen molar-refractivity contribution in [1.29, 1.82) is 0 Å². The third kappa shape index (κ3) is 3.84. The zero-order valence-electron chi connectivity index (χ0n) is 18.0. The van der Waals surface area contributed by atoms with Gasteiger partial charge in [0.15, 0.2) is 5.82 Å². The number of benzene rings is 2. The summed E-state index contributed by atoms with van der Waals surface area (Å²) in [6.07, 6.45) is 2.94. The molecule has 0 saturated heterocycles. The Morgan fingerprint density at radius 3 is 2.55 bits per heavy atom. The number of nitrogens with two attached hydrogens (primary N) is 1. The zero-order valence-corrected chi connectivity index (χ0v) is 18.0. The monoisotopic (exact) mass is 409 g/mol. The Morgan fingerprint density at radius 1 is 1.00 bits per heavy atom. The zero-order chi connectivity index (χ0) is 21.4. The molecule has 1 aliphatic rings. The molecular formula is C26H27N5. The minimum atomic E-state index is 0.754. The van der Waals surface area contributed by atoms with Crippen LogP contribution in [0.3, 0.4) is 0 Å². The molecule has 3 heterocycles. The summed E-state index contributed by atoms with van der Waals surface area (Å²) in [5.74, 6) is 0.776. The number of aromatic nitrogens is 3. The van der Waals surface area contributed by atoms with E-state index >= 15 is 0 Å². The molecule has 2 aromatic heterocycles. The van der Waals surface area contributed by atoms with Gasteiger partial charge in [0.2, 0.25) is 0 Å². The van der Waals surface area contributed by atoms with Gasteiger partial charge in [0, 0.05) is 66.1 Å². The summed E-state index contributed by atoms with van der Waals surface area (Å²) in [6, 6.07) is 20.6. The molecule has 0 aliphatic carbocycles. The van der Waals surface area contributed by atoms with Gasteiger partial charge in [-0.2, -0.15) is 0 Å². The predicted molar refractivity (Wildman–Crippen MR) is 125 cm³/mol. The molecule has 5 rings (SSSR count). The third-order valence-corrected chi connectivity index (χ3v) is 6.13. The summed E-state index contributed by atoms with van der Waals surface area (Å²) in [5, 5.41) is 0. The summed E-state index contributed by atoms with van der Waals surface area (Å²) >= 11 is 0. The smallest absolute Gasteiger partial charge is 0.159 e. The molecule has 0 atom stereocenters. The first-order valence-corrected chi connectivity index (χ1v) is 10.7. The lowest BCUT2D eigenvalue weighted by molar-refractivity contribution is 0.242. The van der Waals surface area contributed by atoms with E-state index < -0.39 is 0 Å². The summed E-state index contributed by atoms with van der Waals surface area (Å²) < 4.78 is 2.34. The van der Waals surface area contributed by atoms with Crippen LogP contribution >= 0.6 is 0 Å². The molecule has 156 valence electrons. The summed E-state index contributed by atoms with van der Waals surface area (Å²) in [4.78, 5) is 12.0. The van der Waals surface area contributed by atoms with Crippen molar-refractivity contribution in [2.45, 2.75) is 33.4 Å². The van der Waals surface area contributed by atoms with E-state index in [0.29, 0.717) is 0 Å². The molecule has 1 aliphatic heterocycles. The van der Waals surface area contributed by atoms with Crippen molar-refractivity contribution in [3.05, 3.63) is 95.1 Å². The van der Waals surface area contributed by atoms with Crippen LogP contribution in [0.25, 0.3) is 17.1 Å². The second-order valence-electron chi connectivity index (χ2n) is 8.32. The second kappa shape index (κ2) is 8.00. The van der Waals surface area contributed by atoms with Crippen molar-refractivity contribution in [2.75, 3.05) is 12.3 Å². The number of aryl methyl sites for hydroxylation is 1. The van der Waals surface area contributed by atoms with Crippen LogP contribution in [0, 0.1) is 13.8 Å². The fourth-order valence-corrected chi connectivity index (χ4v) is 4.49. The van der Waals surface area contributed by atoms with Crippen LogP contribution < -0.4 is 5.73 Å². The van der Waals surface area contributed by atoms with Gasteiger partial charge in [0.1, 0.15) is 0 Å². The molecule has 0 spiro atoms. The van der Waals surface area contributed by atoms with E-state index in [2.05, 4.69) is 64.7 Å². The van der Waals surface area contributed by atoms with E-state index in [0.717, 1.165) is 48.8 Å². The molecule has 0 bridgehead atoms. The van der Waals surface area contributed by atoms with Gasteiger partial charge < -0.3 is 10.3 Å². The van der Waals surface area contributed by atoms with Gasteiger partial charge in [0.25, 0.3) is 0 Å². The van der Waals surface area contributed by atoms with Gasteiger partial charge in [-0.05, 0) is 61.9 Å². The van der Waals surface area contributed by atoms with Crippen molar-refractivity contribution >= 4 is 5.69 Å². The fourth-order valence-electron chi connectivity index (χ4n) is 4.49. The van der Waals surface area contributed by atoms with Crippen LogP contribution in [-0.4, -0.2) is 26.0 Å². The molecule has 2 aromatic carbocycles. The number of fused-ring (bicyclic) bond motifs is 1. The first-order chi connectivity index (χ1) is 15.1. The maximum Gasteiger partial charge on any atom is 0.159 e. The minimum Gasteiger partial charge on any atom is -0.399 e. The average molecular weight is 410 g/mol. The molecule has 0 fully saturated rings. The van der Waals surface area contributed by atoms with Gasteiger partial charge in [-0.15, -0.1) is 0 Å². The quantitative estimate of drug-likeness (QED) is 0.497. The van der Waals surface area contributed by atoms with Gasteiger partial charge in [-0.1, -0.05) is 18.2 Å². The Kier molecular flexibility index (Phi) is 5.04. The molecule has 5 nitrogen and oxygen atoms in total. The number of hydrogen-bond acceptors (Lipinski definition) is 4. The normalized spacial score (nSPS) is 13.9. The van der Waals surface area contributed by atoms with E-state index in [1.165, 1.54) is 28.2 Å². The van der Waals surface area contributed by atoms with E-state index in [-0.39, 0.29) is 0 Å². The van der Waals surface area contributed by atoms with Crippen molar-refractivity contribution in [3.8, 4) is 17.1 Å². The van der Waals surface area contributed by atoms with Gasteiger partial charge in [0.05, 0.1) is 5.69 Å². The molecule has 4 aromatic rings. The molecule has 0 radical (unpaired) electrons. The lowest BCUT2D eigenvalue weighted by Crippen LogP contribution is -2.31. The average Bonchev–Trinajstić information content (AvgIpc) is 3.07. The highest BCUT2D eigenvalue weighted by Gasteiger charge is 2.21. The first kappa shape index (κ1) is 19.5. The first-order valence-electron chi connectivity index (χ1n) is 10.7. The fraction of sp³-hybridized carbons (Fsp3) is 0.231. The van der Waals surface area contributed by atoms with Crippen LogP contribution in [-0.2, 0) is 19.5 Å². The Labute approximate surface area is 183 Å². The van der Waals surface area contributed by atoms with Gasteiger partial charge in [-0.3, -0.25) is 4.90 Å². The minimum absolute atomic E-state index is 0.754. The molecule has 31 heavy (non-hydrogen) atoms. The van der Waals surface area contributed by atoms with Crippen molar-refractivity contribution in [3.63, 3.8) is 0 Å². The second-order valence-corrected chi connectivity index (χ2v) is 8.32. The van der Waals surface area contributed by atoms with E-state index in [1.807, 2.05) is 30.5 Å². The lowest BCUT2D eigenvalue weighted by Gasteiger charge is -2.28. The maximum atomic E-state index is 5.80. The Balaban J connectivity index is 1.34. The molecular weight excluding hydrogens is 382 g/mol. The largest absolute Gasteiger partial charge is 0.399 e. The number of nitrogen functional groups attached to an aromatic ring is 1. The SMILES string of the molecule is Cc1cc(CN2CCc3nc(-c4ccc(N)cc4)ncc3C2)c(C)n1-c1ccccc1. The van der Waals surface area contributed by atoms with Crippen LogP contribution in [0.15, 0.2) is 66.9 Å². The predicted octanol–water partition coefficient (Wildman–Crippen LogP) is 4.69. The van der Waals surface area contributed by atoms with E-state index in [9.17, 15) is 0 Å². The lowest BCUT2D eigenvalue weighted by atomic mass is 10.1. The number of rotatable bonds is 4. The van der Waals surface area contributed by atoms with E-state index in [4.69, 9.17) is 10.7 Å². The number of para-hydroxylation sites is 1. The highest BCUT2D eigenvalue weighted by atomic mass is 15.1. The molecule has 0 unspecified atom stereocenters. The van der Waals surface area contributed by atoms with Gasteiger partial charge in [-0.25, -0.2) is 9.97 Å². The van der Waals surface area contributed by atoms with Gasteiger partial charge >= 0.3 is 0 Å². The third-order valence-electron chi connectivity index (χ3n) is 6.13. The standard InChI is InChI=1S/C26H27N5/c1-18-14-21(19(2)31(18)24-6-4-3-5-7-24)16-30-13-12-25-22(17-30)15-28-26(29-25)20-8-10-23(27)11-9-20/h3-11,14-15H,12-13,16-17,27H2,1-2H3. The topological polar surface area (TPSA) is 60.0 Å². The van der Waals surface area contributed by atoms with Crippen molar-refractivity contribution in [2.24, 2.45) is 0 Å². The summed E-state index contributed by atoms with van der Waals surface area (Å²) in [6.45, 7) is 7.22. The van der Waals surface area contributed by atoms with Crippen LogP contribution in [0.4, 0.5) is 5.69 Å². The van der Waals surface area contributed by atoms with Crippen LogP contribution in [0.2, 0.25) is 0 Å². The Bertz CT molecular complexity index is 1210. The Morgan fingerprint density at radius 2 is 1.77 bits per heavy atom. The molecule has 2 N–H and O–H groups in total. The summed E-state index contributed by atoms with van der Waals surface area (Å²) in [5.41, 5.74) is 15.1. The summed E-state index contributed by atoms with van der Waals surface area (Å²) in [7, 11) is 0. The number of hydrogen-bond donors (Lipinski definition) is 1. The molecule has 0 amide bonds. The highest BCUT2D eigenvalue weighted by molar-refractivity contribution is 5.58. The van der Waals surface area contributed by atoms with Crippen LogP contribution in [0.5, 0.6) is 0 Å². The van der Waals surface area contributed by atoms with Crippen molar-refractivity contribution in [1.82, 2.24) is 19.4 Å². The van der Waals surface area contributed by atoms with Crippen molar-refractivity contribution < 1.29 is 0 Å². The highest BCUT2D eigenvalue weighted by Crippen LogP contribution is 2.26. The Hall–Kier alpha value is -3.44. The number of anilines is 1. The molecule has 0 saturated carbocycles. The van der Waals surface area contributed by atoms with E-state index in [1.54, 1.807) is 0 Å². The maximum absolute atomic E-state index is 5.80. The number of nitrogens with zero attached hydrogens (tertiary/aromatic N) is 4. The molecule has 5 heteroatoms.